The molecule has 0 amide bonds. The van der Waals surface area contributed by atoms with E-state index in [2.05, 4.69) is 28.2 Å². The van der Waals surface area contributed by atoms with E-state index in [0.29, 0.717) is 12.6 Å². The van der Waals surface area contributed by atoms with Crippen LogP contribution in [-0.2, 0) is 6.54 Å². The van der Waals surface area contributed by atoms with E-state index in [9.17, 15) is 10.1 Å². The first-order valence-electron chi connectivity index (χ1n) is 6.74. The highest BCUT2D eigenvalue weighted by atomic mass is 79.9. The number of nitro groups is 1. The Labute approximate surface area is 121 Å². The van der Waals surface area contributed by atoms with Gasteiger partial charge in [-0.3, -0.25) is 10.1 Å². The zero-order valence-electron chi connectivity index (χ0n) is 11.1. The fraction of sp³-hybridized carbons (Fsp3) is 0.571. The quantitative estimate of drug-likeness (QED) is 0.656. The molecule has 0 saturated heterocycles. The molecule has 1 fully saturated rings. The van der Waals surface area contributed by atoms with E-state index in [1.807, 2.05) is 12.1 Å². The Balaban J connectivity index is 2.00. The molecule has 1 aliphatic rings. The molecule has 0 heterocycles. The van der Waals surface area contributed by atoms with Crippen molar-refractivity contribution in [2.45, 2.75) is 45.2 Å². The summed E-state index contributed by atoms with van der Waals surface area (Å²) >= 11 is 3.27. The van der Waals surface area contributed by atoms with Crippen molar-refractivity contribution >= 4 is 21.6 Å². The predicted octanol–water partition coefficient (Wildman–Crippen LogP) is 4.03. The Morgan fingerprint density at radius 2 is 2.16 bits per heavy atom. The predicted molar refractivity (Wildman–Crippen MR) is 79.1 cm³/mol. The van der Waals surface area contributed by atoms with Gasteiger partial charge < -0.3 is 5.32 Å². The maximum atomic E-state index is 11.0. The van der Waals surface area contributed by atoms with Crippen LogP contribution in [0.25, 0.3) is 0 Å². The average Bonchev–Trinajstić information content (AvgIpc) is 2.90. The first kappa shape index (κ1) is 14.5. The molecule has 1 aromatic rings. The van der Waals surface area contributed by atoms with Crippen LogP contribution in [0.5, 0.6) is 0 Å². The van der Waals surface area contributed by atoms with Gasteiger partial charge in [-0.15, -0.1) is 0 Å². The summed E-state index contributed by atoms with van der Waals surface area (Å²) < 4.78 is 0.742. The number of rotatable bonds is 5. The Hall–Kier alpha value is -0.940. The smallest absolute Gasteiger partial charge is 0.275 e. The van der Waals surface area contributed by atoms with Gasteiger partial charge in [0.15, 0.2) is 0 Å². The van der Waals surface area contributed by atoms with Crippen molar-refractivity contribution in [2.75, 3.05) is 0 Å². The zero-order valence-corrected chi connectivity index (χ0v) is 12.6. The second kappa shape index (κ2) is 6.48. The number of benzene rings is 1. The molecule has 1 N–H and O–H groups in total. The largest absolute Gasteiger partial charge is 0.310 e. The number of nitrogens with one attached hydrogen (secondary N) is 1. The summed E-state index contributed by atoms with van der Waals surface area (Å²) in [6.07, 6.45) is 5.18. The summed E-state index contributed by atoms with van der Waals surface area (Å²) in [5, 5.41) is 14.5. The maximum Gasteiger partial charge on any atom is 0.275 e. The highest BCUT2D eigenvalue weighted by Gasteiger charge is 2.22. The molecule has 1 atom stereocenters. The topological polar surface area (TPSA) is 55.2 Å². The van der Waals surface area contributed by atoms with E-state index in [-0.39, 0.29) is 10.6 Å². The van der Waals surface area contributed by atoms with Crippen LogP contribution in [0, 0.1) is 16.0 Å². The molecular weight excluding hydrogens is 308 g/mol. The van der Waals surface area contributed by atoms with Crippen LogP contribution in [0.1, 0.15) is 38.2 Å². The maximum absolute atomic E-state index is 11.0. The molecule has 4 nitrogen and oxygen atoms in total. The van der Waals surface area contributed by atoms with Gasteiger partial charge in [0.25, 0.3) is 5.69 Å². The van der Waals surface area contributed by atoms with Crippen LogP contribution in [-0.4, -0.2) is 11.0 Å². The minimum atomic E-state index is -0.317. The molecule has 0 aliphatic heterocycles. The highest BCUT2D eigenvalue weighted by molar-refractivity contribution is 9.10. The number of hydrogen-bond donors (Lipinski definition) is 1. The van der Waals surface area contributed by atoms with Gasteiger partial charge in [0.1, 0.15) is 0 Å². The van der Waals surface area contributed by atoms with Gasteiger partial charge in [-0.05, 0) is 37.8 Å². The van der Waals surface area contributed by atoms with Crippen molar-refractivity contribution < 1.29 is 4.92 Å². The monoisotopic (exact) mass is 326 g/mol. The van der Waals surface area contributed by atoms with E-state index in [0.717, 1.165) is 16.0 Å². The summed E-state index contributed by atoms with van der Waals surface area (Å²) in [7, 11) is 0. The number of hydrogen-bond acceptors (Lipinski definition) is 3. The third-order valence-corrected chi connectivity index (χ3v) is 4.46. The molecule has 1 aromatic carbocycles. The van der Waals surface area contributed by atoms with E-state index in [1.165, 1.54) is 25.7 Å². The van der Waals surface area contributed by atoms with Gasteiger partial charge in [0.05, 0.1) is 4.92 Å². The van der Waals surface area contributed by atoms with Crippen LogP contribution in [0.3, 0.4) is 0 Å². The molecule has 0 bridgehead atoms. The van der Waals surface area contributed by atoms with Crippen molar-refractivity contribution in [3.63, 3.8) is 0 Å². The van der Waals surface area contributed by atoms with Crippen molar-refractivity contribution in [3.8, 4) is 0 Å². The SMILES string of the molecule is C[C@H](NCc1ccc(Br)cc1[N+](=O)[O-])C1CCCC1. The van der Waals surface area contributed by atoms with E-state index in [1.54, 1.807) is 6.07 Å². The second-order valence-corrected chi connectivity index (χ2v) is 6.16. The minimum absolute atomic E-state index is 0.181. The molecule has 5 heteroatoms. The first-order chi connectivity index (χ1) is 9.08. The summed E-state index contributed by atoms with van der Waals surface area (Å²) in [6.45, 7) is 2.74. The molecule has 19 heavy (non-hydrogen) atoms. The van der Waals surface area contributed by atoms with Crippen molar-refractivity contribution in [1.82, 2.24) is 5.32 Å². The first-order valence-corrected chi connectivity index (χ1v) is 7.53. The van der Waals surface area contributed by atoms with Crippen LogP contribution in [0.4, 0.5) is 5.69 Å². The summed E-state index contributed by atoms with van der Waals surface area (Å²) in [4.78, 5) is 10.7. The van der Waals surface area contributed by atoms with Crippen molar-refractivity contribution in [3.05, 3.63) is 38.3 Å². The summed E-state index contributed by atoms with van der Waals surface area (Å²) in [5.74, 6) is 0.717. The van der Waals surface area contributed by atoms with Crippen LogP contribution in [0.15, 0.2) is 22.7 Å². The minimum Gasteiger partial charge on any atom is -0.310 e. The second-order valence-electron chi connectivity index (χ2n) is 5.24. The molecule has 0 unspecified atom stereocenters. The lowest BCUT2D eigenvalue weighted by Gasteiger charge is -2.20. The van der Waals surface area contributed by atoms with Gasteiger partial charge in [0, 0.05) is 28.7 Å². The molecule has 0 radical (unpaired) electrons. The Kier molecular flexibility index (Phi) is 4.93. The Morgan fingerprint density at radius 1 is 1.47 bits per heavy atom. The molecular formula is C14H19BrN2O2. The molecule has 104 valence electrons. The van der Waals surface area contributed by atoms with Gasteiger partial charge in [-0.25, -0.2) is 0 Å². The molecule has 0 spiro atoms. The van der Waals surface area contributed by atoms with Crippen LogP contribution in [0.2, 0.25) is 0 Å². The number of nitro benzene ring substituents is 1. The van der Waals surface area contributed by atoms with Gasteiger partial charge in [-0.1, -0.05) is 28.8 Å². The van der Waals surface area contributed by atoms with Crippen molar-refractivity contribution in [1.29, 1.82) is 0 Å². The van der Waals surface area contributed by atoms with E-state index in [4.69, 9.17) is 0 Å². The standard InChI is InChI=1S/C14H19BrN2O2/c1-10(11-4-2-3-5-11)16-9-12-6-7-13(15)8-14(12)17(18)19/h6-8,10-11,16H,2-5,9H2,1H3/t10-/m0/s1. The lowest BCUT2D eigenvalue weighted by atomic mass is 9.99. The summed E-state index contributed by atoms with van der Waals surface area (Å²) in [6, 6.07) is 5.66. The number of nitrogens with zero attached hydrogens (tertiary/aromatic N) is 1. The van der Waals surface area contributed by atoms with Crippen molar-refractivity contribution in [2.24, 2.45) is 5.92 Å². The number of halogens is 1. The lowest BCUT2D eigenvalue weighted by Crippen LogP contribution is -2.31. The van der Waals surface area contributed by atoms with Gasteiger partial charge in [0.2, 0.25) is 0 Å². The molecule has 0 aromatic heterocycles. The average molecular weight is 327 g/mol. The Bertz CT molecular complexity index is 459. The molecule has 1 aliphatic carbocycles. The van der Waals surface area contributed by atoms with E-state index < -0.39 is 0 Å². The fourth-order valence-electron chi connectivity index (χ4n) is 2.75. The Morgan fingerprint density at radius 3 is 2.79 bits per heavy atom. The molecule has 1 saturated carbocycles. The van der Waals surface area contributed by atoms with Crippen LogP contribution >= 0.6 is 15.9 Å². The third kappa shape index (κ3) is 3.76. The molecule has 2 rings (SSSR count). The third-order valence-electron chi connectivity index (χ3n) is 3.97. The zero-order chi connectivity index (χ0) is 13.8. The summed E-state index contributed by atoms with van der Waals surface area (Å²) in [5.41, 5.74) is 0.929. The lowest BCUT2D eigenvalue weighted by molar-refractivity contribution is -0.385. The highest BCUT2D eigenvalue weighted by Crippen LogP contribution is 2.28. The normalized spacial score (nSPS) is 17.6. The fourth-order valence-corrected chi connectivity index (χ4v) is 3.10. The van der Waals surface area contributed by atoms with Gasteiger partial charge in [-0.2, -0.15) is 0 Å². The van der Waals surface area contributed by atoms with E-state index >= 15 is 0 Å². The van der Waals surface area contributed by atoms with Gasteiger partial charge >= 0.3 is 0 Å². The van der Waals surface area contributed by atoms with Crippen LogP contribution < -0.4 is 5.32 Å².